The number of hydrogen-bond acceptors (Lipinski definition) is 3. The number of carboxylic acid groups (broad SMARTS) is 1. The number of nitrogens with zero attached hydrogens (tertiary/aromatic N) is 1. The molecular weight excluding hydrogens is 284 g/mol. The number of aliphatic carboxylic acids is 1. The van der Waals surface area contributed by atoms with Crippen LogP contribution in [0.15, 0.2) is 24.3 Å². The van der Waals surface area contributed by atoms with E-state index in [9.17, 15) is 9.59 Å². The normalized spacial score (nSPS) is 20.7. The molecule has 2 N–H and O–H groups in total. The van der Waals surface area contributed by atoms with Crippen molar-refractivity contribution in [3.63, 3.8) is 0 Å². The smallest absolute Gasteiger partial charge is 0.317 e. The number of ether oxygens (including phenoxy) is 1. The number of para-hydroxylation sites is 1. The highest BCUT2D eigenvalue weighted by Crippen LogP contribution is 2.38. The first-order valence-electron chi connectivity index (χ1n) is 7.39. The molecule has 6 nitrogen and oxygen atoms in total. The number of nitrogens with one attached hydrogen (secondary N) is 1. The minimum atomic E-state index is -0.920. The van der Waals surface area contributed by atoms with Gasteiger partial charge in [-0.2, -0.15) is 0 Å². The van der Waals surface area contributed by atoms with Crippen molar-refractivity contribution in [3.8, 4) is 5.75 Å². The molecule has 0 bridgehead atoms. The molecule has 3 atom stereocenters. The largest absolute Gasteiger partial charge is 0.487 e. The van der Waals surface area contributed by atoms with E-state index in [1.54, 1.807) is 7.05 Å². The van der Waals surface area contributed by atoms with Gasteiger partial charge < -0.3 is 20.1 Å². The molecular formula is C16H22N2O4. The maximum Gasteiger partial charge on any atom is 0.317 e. The molecule has 0 fully saturated rings. The first kappa shape index (κ1) is 16.1. The lowest BCUT2D eigenvalue weighted by Gasteiger charge is -2.26. The van der Waals surface area contributed by atoms with E-state index < -0.39 is 5.97 Å². The molecule has 1 aliphatic heterocycles. The Morgan fingerprint density at radius 3 is 2.73 bits per heavy atom. The Labute approximate surface area is 130 Å². The van der Waals surface area contributed by atoms with E-state index in [0.717, 1.165) is 11.3 Å². The van der Waals surface area contributed by atoms with Crippen LogP contribution in [0.25, 0.3) is 0 Å². The van der Waals surface area contributed by atoms with Crippen molar-refractivity contribution in [1.29, 1.82) is 0 Å². The highest BCUT2D eigenvalue weighted by Gasteiger charge is 2.35. The van der Waals surface area contributed by atoms with E-state index in [2.05, 4.69) is 12.2 Å². The summed E-state index contributed by atoms with van der Waals surface area (Å²) in [5.41, 5.74) is 1.15. The van der Waals surface area contributed by atoms with Crippen LogP contribution in [0, 0.1) is 0 Å². The molecule has 0 spiro atoms. The summed E-state index contributed by atoms with van der Waals surface area (Å²) < 4.78 is 5.93. The first-order chi connectivity index (χ1) is 10.4. The van der Waals surface area contributed by atoms with Crippen LogP contribution in [-0.4, -0.2) is 47.7 Å². The van der Waals surface area contributed by atoms with Crippen LogP contribution in [0.2, 0.25) is 0 Å². The minimum Gasteiger partial charge on any atom is -0.487 e. The van der Waals surface area contributed by atoms with Gasteiger partial charge in [-0.05, 0) is 13.0 Å². The molecule has 1 aromatic rings. The summed E-state index contributed by atoms with van der Waals surface area (Å²) in [6, 6.07) is 7.40. The first-order valence-corrected chi connectivity index (χ1v) is 7.39. The zero-order chi connectivity index (χ0) is 16.3. The summed E-state index contributed by atoms with van der Waals surface area (Å²) in [7, 11) is 1.58. The minimum absolute atomic E-state index is 0.0694. The van der Waals surface area contributed by atoms with Gasteiger partial charge in [0.25, 0.3) is 0 Å². The number of hydrogen-bond donors (Lipinski definition) is 2. The van der Waals surface area contributed by atoms with Crippen LogP contribution in [0.5, 0.6) is 5.75 Å². The van der Waals surface area contributed by atoms with Crippen molar-refractivity contribution in [2.75, 3.05) is 13.6 Å². The van der Waals surface area contributed by atoms with E-state index in [-0.39, 0.29) is 37.1 Å². The van der Waals surface area contributed by atoms with Gasteiger partial charge in [0.2, 0.25) is 0 Å². The van der Waals surface area contributed by atoms with Crippen LogP contribution in [0.1, 0.15) is 31.7 Å². The second kappa shape index (κ2) is 6.68. The number of fused-ring (bicyclic) bond motifs is 1. The van der Waals surface area contributed by atoms with Gasteiger partial charge in [0.05, 0.1) is 12.5 Å². The predicted molar refractivity (Wildman–Crippen MR) is 82.1 cm³/mol. The Kier molecular flexibility index (Phi) is 4.90. The lowest BCUT2D eigenvalue weighted by molar-refractivity contribution is -0.137. The van der Waals surface area contributed by atoms with Crippen LogP contribution >= 0.6 is 0 Å². The van der Waals surface area contributed by atoms with Crippen LogP contribution in [0.4, 0.5) is 4.79 Å². The highest BCUT2D eigenvalue weighted by atomic mass is 16.5. The fraction of sp³-hybridized carbons (Fsp3) is 0.500. The summed E-state index contributed by atoms with van der Waals surface area (Å²) in [5.74, 6) is 0.132. The van der Waals surface area contributed by atoms with E-state index in [1.807, 2.05) is 31.2 Å². The van der Waals surface area contributed by atoms with Crippen molar-refractivity contribution in [3.05, 3.63) is 29.8 Å². The average molecular weight is 306 g/mol. The number of carbonyl (C=O) groups excluding carboxylic acids is 1. The highest BCUT2D eigenvalue weighted by molar-refractivity contribution is 5.75. The number of carbonyl (C=O) groups is 2. The molecule has 22 heavy (non-hydrogen) atoms. The zero-order valence-electron chi connectivity index (χ0n) is 13.1. The summed E-state index contributed by atoms with van der Waals surface area (Å²) in [5, 5.41) is 11.5. The molecule has 2 amide bonds. The second-order valence-corrected chi connectivity index (χ2v) is 5.71. The van der Waals surface area contributed by atoms with Gasteiger partial charge in [-0.3, -0.25) is 4.79 Å². The van der Waals surface area contributed by atoms with Gasteiger partial charge in [-0.25, -0.2) is 4.79 Å². The fourth-order valence-corrected chi connectivity index (χ4v) is 2.68. The third-order valence-corrected chi connectivity index (χ3v) is 4.02. The third-order valence-electron chi connectivity index (χ3n) is 4.02. The van der Waals surface area contributed by atoms with Gasteiger partial charge in [-0.1, -0.05) is 25.1 Å². The molecule has 6 heteroatoms. The van der Waals surface area contributed by atoms with Gasteiger partial charge in [0.1, 0.15) is 11.9 Å². The van der Waals surface area contributed by atoms with Crippen molar-refractivity contribution in [2.24, 2.45) is 0 Å². The monoisotopic (exact) mass is 306 g/mol. The average Bonchev–Trinajstić information content (AvgIpc) is 2.82. The maximum atomic E-state index is 12.1. The standard InChI is InChI=1S/C16H22N2O4/c1-10-12-6-4-5-7-13(12)22-15(10)11(2)17-16(21)18(3)9-8-14(19)20/h4-7,10-11,15H,8-9H2,1-3H3,(H,17,21)(H,19,20). The zero-order valence-corrected chi connectivity index (χ0v) is 13.1. The number of urea groups is 1. The van der Waals surface area contributed by atoms with Crippen molar-refractivity contribution in [1.82, 2.24) is 10.2 Å². The van der Waals surface area contributed by atoms with E-state index in [0.29, 0.717) is 0 Å². The SMILES string of the molecule is CC(NC(=O)N(C)CCC(=O)O)C1Oc2ccccc2C1C. The van der Waals surface area contributed by atoms with E-state index in [4.69, 9.17) is 9.84 Å². The Morgan fingerprint density at radius 1 is 1.41 bits per heavy atom. The third kappa shape index (κ3) is 3.50. The summed E-state index contributed by atoms with van der Waals surface area (Å²) >= 11 is 0. The Morgan fingerprint density at radius 2 is 2.09 bits per heavy atom. The molecule has 0 aliphatic carbocycles. The lowest BCUT2D eigenvalue weighted by atomic mass is 9.94. The van der Waals surface area contributed by atoms with Gasteiger partial charge in [0.15, 0.2) is 0 Å². The number of amides is 2. The lowest BCUT2D eigenvalue weighted by Crippen LogP contribution is -2.49. The molecule has 0 aromatic heterocycles. The Bertz CT molecular complexity index is 561. The summed E-state index contributed by atoms with van der Waals surface area (Å²) in [6.45, 7) is 4.15. The summed E-state index contributed by atoms with van der Waals surface area (Å²) in [4.78, 5) is 24.0. The molecule has 1 heterocycles. The fourth-order valence-electron chi connectivity index (χ4n) is 2.68. The van der Waals surface area contributed by atoms with Crippen molar-refractivity contribution in [2.45, 2.75) is 38.3 Å². The van der Waals surface area contributed by atoms with Crippen molar-refractivity contribution < 1.29 is 19.4 Å². The number of benzene rings is 1. The molecule has 120 valence electrons. The van der Waals surface area contributed by atoms with E-state index >= 15 is 0 Å². The molecule has 1 aliphatic rings. The summed E-state index contributed by atoms with van der Waals surface area (Å²) in [6.07, 6.45) is -0.200. The van der Waals surface area contributed by atoms with Crippen LogP contribution < -0.4 is 10.1 Å². The Balaban J connectivity index is 1.92. The van der Waals surface area contributed by atoms with Gasteiger partial charge in [-0.15, -0.1) is 0 Å². The molecule has 2 rings (SSSR count). The van der Waals surface area contributed by atoms with E-state index in [1.165, 1.54) is 4.90 Å². The molecule has 1 aromatic carbocycles. The predicted octanol–water partition coefficient (Wildman–Crippen LogP) is 2.06. The molecule has 0 saturated carbocycles. The Hall–Kier alpha value is -2.24. The molecule has 3 unspecified atom stereocenters. The topological polar surface area (TPSA) is 78.9 Å². The second-order valence-electron chi connectivity index (χ2n) is 5.71. The number of rotatable bonds is 5. The van der Waals surface area contributed by atoms with Gasteiger partial charge >= 0.3 is 12.0 Å². The van der Waals surface area contributed by atoms with Crippen LogP contribution in [-0.2, 0) is 4.79 Å². The van der Waals surface area contributed by atoms with Crippen molar-refractivity contribution >= 4 is 12.0 Å². The molecule has 0 radical (unpaired) electrons. The number of carboxylic acids is 1. The quantitative estimate of drug-likeness (QED) is 0.872. The van der Waals surface area contributed by atoms with Gasteiger partial charge in [0, 0.05) is 25.1 Å². The maximum absolute atomic E-state index is 12.1. The van der Waals surface area contributed by atoms with Crippen LogP contribution in [0.3, 0.4) is 0 Å². The molecule has 0 saturated heterocycles.